The van der Waals surface area contributed by atoms with E-state index in [0.29, 0.717) is 0 Å². The van der Waals surface area contributed by atoms with Gasteiger partial charge in [-0.15, -0.1) is 0 Å². The van der Waals surface area contributed by atoms with Crippen LogP contribution >= 0.6 is 0 Å². The molecule has 0 unspecified atom stereocenters. The van der Waals surface area contributed by atoms with Crippen molar-refractivity contribution in [3.63, 3.8) is 0 Å². The first-order chi connectivity index (χ1) is 9.85. The molecule has 110 valence electrons. The van der Waals surface area contributed by atoms with E-state index in [9.17, 15) is 0 Å². The summed E-state index contributed by atoms with van der Waals surface area (Å²) < 4.78 is 0. The van der Waals surface area contributed by atoms with Crippen molar-refractivity contribution in [3.05, 3.63) is 34.9 Å². The van der Waals surface area contributed by atoms with Crippen LogP contribution < -0.4 is 5.32 Å². The molecule has 1 saturated carbocycles. The zero-order chi connectivity index (χ0) is 13.8. The molecule has 1 N–H and O–H groups in total. The van der Waals surface area contributed by atoms with Crippen LogP contribution in [-0.4, -0.2) is 6.04 Å². The molecule has 1 aromatic carbocycles. The van der Waals surface area contributed by atoms with Crippen molar-refractivity contribution >= 4 is 0 Å². The summed E-state index contributed by atoms with van der Waals surface area (Å²) in [5.41, 5.74) is 4.69. The molecule has 0 aromatic heterocycles. The Kier molecular flexibility index (Phi) is 4.77. The van der Waals surface area contributed by atoms with Gasteiger partial charge in [0, 0.05) is 12.6 Å². The number of hydrogen-bond acceptors (Lipinski definition) is 1. The van der Waals surface area contributed by atoms with Crippen molar-refractivity contribution in [2.45, 2.75) is 77.3 Å². The molecular weight excluding hydrogens is 242 g/mol. The van der Waals surface area contributed by atoms with Crippen LogP contribution in [0.2, 0.25) is 0 Å². The predicted octanol–water partition coefficient (Wildman–Crippen LogP) is 4.62. The number of hydrogen-bond donors (Lipinski definition) is 1. The topological polar surface area (TPSA) is 12.0 Å². The van der Waals surface area contributed by atoms with Gasteiger partial charge in [0.25, 0.3) is 0 Å². The van der Waals surface area contributed by atoms with Crippen molar-refractivity contribution in [2.24, 2.45) is 5.92 Å². The predicted molar refractivity (Wildman–Crippen MR) is 86.0 cm³/mol. The summed E-state index contributed by atoms with van der Waals surface area (Å²) in [5.74, 6) is 1.01. The van der Waals surface area contributed by atoms with E-state index >= 15 is 0 Å². The molecule has 20 heavy (non-hydrogen) atoms. The first-order valence-electron chi connectivity index (χ1n) is 8.69. The monoisotopic (exact) mass is 271 g/mol. The normalized spacial score (nSPS) is 25.6. The third-order valence-corrected chi connectivity index (χ3v) is 5.30. The Balaban J connectivity index is 1.46. The second-order valence-corrected chi connectivity index (χ2v) is 6.84. The Morgan fingerprint density at radius 2 is 1.85 bits per heavy atom. The van der Waals surface area contributed by atoms with Crippen LogP contribution in [0.25, 0.3) is 0 Å². The van der Waals surface area contributed by atoms with Gasteiger partial charge in [-0.05, 0) is 67.6 Å². The van der Waals surface area contributed by atoms with E-state index in [4.69, 9.17) is 0 Å². The molecule has 1 aromatic rings. The second kappa shape index (κ2) is 6.76. The molecule has 2 aliphatic carbocycles. The van der Waals surface area contributed by atoms with Crippen LogP contribution in [0.3, 0.4) is 0 Å². The van der Waals surface area contributed by atoms with E-state index in [0.717, 1.165) is 18.5 Å². The first kappa shape index (κ1) is 14.1. The van der Waals surface area contributed by atoms with Crippen LogP contribution in [0.1, 0.15) is 68.6 Å². The number of benzene rings is 1. The Hall–Kier alpha value is -0.820. The molecule has 1 heteroatoms. The van der Waals surface area contributed by atoms with E-state index in [-0.39, 0.29) is 0 Å². The van der Waals surface area contributed by atoms with Crippen molar-refractivity contribution in [1.29, 1.82) is 0 Å². The molecule has 0 amide bonds. The maximum atomic E-state index is 3.79. The molecule has 0 bridgehead atoms. The summed E-state index contributed by atoms with van der Waals surface area (Å²) in [6.45, 7) is 3.38. The summed E-state index contributed by atoms with van der Waals surface area (Å²) >= 11 is 0. The van der Waals surface area contributed by atoms with Gasteiger partial charge in [0.2, 0.25) is 0 Å². The molecule has 0 atom stereocenters. The average molecular weight is 271 g/mol. The first-order valence-corrected chi connectivity index (χ1v) is 8.69. The molecule has 0 aliphatic heterocycles. The van der Waals surface area contributed by atoms with Gasteiger partial charge >= 0.3 is 0 Å². The van der Waals surface area contributed by atoms with Crippen molar-refractivity contribution in [2.75, 3.05) is 0 Å². The fourth-order valence-corrected chi connectivity index (χ4v) is 4.06. The summed E-state index contributed by atoms with van der Waals surface area (Å²) in [7, 11) is 0. The largest absolute Gasteiger partial charge is 0.310 e. The van der Waals surface area contributed by atoms with E-state index < -0.39 is 0 Å². The lowest BCUT2D eigenvalue weighted by Gasteiger charge is -2.29. The van der Waals surface area contributed by atoms with E-state index in [2.05, 4.69) is 30.4 Å². The van der Waals surface area contributed by atoms with Crippen LogP contribution in [0, 0.1) is 5.92 Å². The standard InChI is InChI=1S/C19H29N/c1-2-4-15-8-11-19(12-9-15)20-14-16-7-10-17-5-3-6-18(17)13-16/h7,10,13,15,19-20H,2-6,8-9,11-12,14H2,1H3. The second-order valence-electron chi connectivity index (χ2n) is 6.84. The molecule has 0 heterocycles. The zero-order valence-electron chi connectivity index (χ0n) is 13.0. The third-order valence-electron chi connectivity index (χ3n) is 5.30. The fourth-order valence-electron chi connectivity index (χ4n) is 4.06. The highest BCUT2D eigenvalue weighted by Gasteiger charge is 2.20. The van der Waals surface area contributed by atoms with Crippen LogP contribution in [0.15, 0.2) is 18.2 Å². The smallest absolute Gasteiger partial charge is 0.0208 e. The Bertz CT molecular complexity index is 429. The fraction of sp³-hybridized carbons (Fsp3) is 0.684. The Labute approximate surface area is 124 Å². The zero-order valence-corrected chi connectivity index (χ0v) is 13.0. The summed E-state index contributed by atoms with van der Waals surface area (Å²) in [6.07, 6.45) is 12.4. The van der Waals surface area contributed by atoms with Crippen molar-refractivity contribution < 1.29 is 0 Å². The van der Waals surface area contributed by atoms with Crippen LogP contribution in [0.5, 0.6) is 0 Å². The van der Waals surface area contributed by atoms with E-state index in [1.807, 2.05) is 0 Å². The molecule has 1 fully saturated rings. The molecular formula is C19H29N. The molecule has 1 nitrogen and oxygen atoms in total. The van der Waals surface area contributed by atoms with Crippen molar-refractivity contribution in [3.8, 4) is 0 Å². The SMILES string of the molecule is CCCC1CCC(NCc2ccc3c(c2)CCC3)CC1. The summed E-state index contributed by atoms with van der Waals surface area (Å²) in [6, 6.07) is 7.89. The van der Waals surface area contributed by atoms with Gasteiger partial charge < -0.3 is 5.32 Å². The van der Waals surface area contributed by atoms with Gasteiger partial charge in [-0.2, -0.15) is 0 Å². The van der Waals surface area contributed by atoms with E-state index in [1.54, 1.807) is 11.1 Å². The highest BCUT2D eigenvalue weighted by molar-refractivity contribution is 5.35. The number of fused-ring (bicyclic) bond motifs is 1. The lowest BCUT2D eigenvalue weighted by molar-refractivity contribution is 0.277. The lowest BCUT2D eigenvalue weighted by Crippen LogP contribution is -2.32. The minimum Gasteiger partial charge on any atom is -0.310 e. The maximum absolute atomic E-state index is 3.79. The summed E-state index contributed by atoms with van der Waals surface area (Å²) in [4.78, 5) is 0. The van der Waals surface area contributed by atoms with Crippen molar-refractivity contribution in [1.82, 2.24) is 5.32 Å². The van der Waals surface area contributed by atoms with Gasteiger partial charge in [-0.3, -0.25) is 0 Å². The van der Waals surface area contributed by atoms with E-state index in [1.165, 1.54) is 63.4 Å². The number of nitrogens with one attached hydrogen (secondary N) is 1. The number of rotatable bonds is 5. The van der Waals surface area contributed by atoms with Crippen LogP contribution in [0.4, 0.5) is 0 Å². The Morgan fingerprint density at radius 3 is 2.65 bits per heavy atom. The van der Waals surface area contributed by atoms with Gasteiger partial charge in [0.1, 0.15) is 0 Å². The molecule has 2 aliphatic rings. The minimum atomic E-state index is 0.761. The van der Waals surface area contributed by atoms with Crippen LogP contribution in [-0.2, 0) is 19.4 Å². The quantitative estimate of drug-likeness (QED) is 0.823. The number of aryl methyl sites for hydroxylation is 2. The van der Waals surface area contributed by atoms with Gasteiger partial charge in [0.15, 0.2) is 0 Å². The maximum Gasteiger partial charge on any atom is 0.0208 e. The van der Waals surface area contributed by atoms with Gasteiger partial charge in [-0.25, -0.2) is 0 Å². The molecule has 0 saturated heterocycles. The highest BCUT2D eigenvalue weighted by Crippen LogP contribution is 2.28. The lowest BCUT2D eigenvalue weighted by atomic mass is 9.83. The minimum absolute atomic E-state index is 0.761. The third kappa shape index (κ3) is 3.44. The molecule has 3 rings (SSSR count). The summed E-state index contributed by atoms with van der Waals surface area (Å²) in [5, 5.41) is 3.79. The molecule has 0 spiro atoms. The van der Waals surface area contributed by atoms with Gasteiger partial charge in [-0.1, -0.05) is 38.0 Å². The Morgan fingerprint density at radius 1 is 1.05 bits per heavy atom. The van der Waals surface area contributed by atoms with Gasteiger partial charge in [0.05, 0.1) is 0 Å². The molecule has 0 radical (unpaired) electrons. The highest BCUT2D eigenvalue weighted by atomic mass is 14.9. The average Bonchev–Trinajstić information content (AvgIpc) is 2.94.